The number of phenolic OH excluding ortho intramolecular Hbond substituents is 1. The molecule has 0 atom stereocenters. The van der Waals surface area contributed by atoms with E-state index in [0.29, 0.717) is 18.0 Å². The van der Waals surface area contributed by atoms with E-state index in [-0.39, 0.29) is 17.2 Å². The van der Waals surface area contributed by atoms with Gasteiger partial charge in [0, 0.05) is 24.3 Å². The second kappa shape index (κ2) is 6.18. The molecule has 0 aliphatic carbocycles. The molecule has 2 rings (SSSR count). The van der Waals surface area contributed by atoms with Crippen molar-refractivity contribution in [3.05, 3.63) is 45.7 Å². The van der Waals surface area contributed by atoms with Gasteiger partial charge in [0.1, 0.15) is 5.75 Å². The van der Waals surface area contributed by atoms with Gasteiger partial charge in [0.05, 0.1) is 11.3 Å². The number of aryl methyl sites for hydroxylation is 2. The molecule has 1 amide bonds. The van der Waals surface area contributed by atoms with Crippen molar-refractivity contribution in [3.8, 4) is 5.75 Å². The molecule has 0 saturated carbocycles. The summed E-state index contributed by atoms with van der Waals surface area (Å²) in [5.41, 5.74) is 3.37. The molecule has 1 aromatic carbocycles. The van der Waals surface area contributed by atoms with E-state index in [1.54, 1.807) is 0 Å². The van der Waals surface area contributed by atoms with Gasteiger partial charge in [-0.25, -0.2) is 0 Å². The minimum absolute atomic E-state index is 0.0781. The normalized spacial score (nSPS) is 10.7. The lowest BCUT2D eigenvalue weighted by Gasteiger charge is -2.07. The number of amides is 1. The Morgan fingerprint density at radius 3 is 2.76 bits per heavy atom. The first kappa shape index (κ1) is 15.4. The molecule has 0 aliphatic rings. The number of aromatic hydroxyl groups is 1. The van der Waals surface area contributed by atoms with Crippen LogP contribution in [-0.4, -0.2) is 27.3 Å². The Morgan fingerprint density at radius 1 is 1.43 bits per heavy atom. The summed E-state index contributed by atoms with van der Waals surface area (Å²) in [5.74, 6) is -0.417. The Balaban J connectivity index is 2.00. The molecule has 1 heterocycles. The van der Waals surface area contributed by atoms with E-state index in [2.05, 4.69) is 10.4 Å². The van der Waals surface area contributed by atoms with Gasteiger partial charge in [0.25, 0.3) is 5.91 Å². The van der Waals surface area contributed by atoms with Crippen LogP contribution in [0.1, 0.15) is 27.3 Å². The third-order valence-electron chi connectivity index (χ3n) is 3.52. The number of carbonyl (C=O) groups excluding carboxylic acids is 1. The van der Waals surface area contributed by atoms with Crippen LogP contribution in [0.4, 0.5) is 0 Å². The molecule has 6 heteroatoms. The van der Waals surface area contributed by atoms with E-state index < -0.39 is 0 Å². The number of carbonyl (C=O) groups is 1. The highest BCUT2D eigenvalue weighted by Gasteiger charge is 2.13. The fourth-order valence-electron chi connectivity index (χ4n) is 2.27. The van der Waals surface area contributed by atoms with Gasteiger partial charge < -0.3 is 10.4 Å². The van der Waals surface area contributed by atoms with Crippen LogP contribution in [0.15, 0.2) is 18.2 Å². The van der Waals surface area contributed by atoms with Crippen LogP contribution in [0.25, 0.3) is 0 Å². The molecule has 112 valence electrons. The fourth-order valence-corrected chi connectivity index (χ4v) is 2.44. The summed E-state index contributed by atoms with van der Waals surface area (Å²) < 4.78 is 1.83. The SMILES string of the molecule is Cc1nn(C)c(C)c1CCNC(=O)c1cc(Cl)ccc1O. The molecule has 0 aliphatic heterocycles. The predicted molar refractivity (Wildman–Crippen MR) is 81.8 cm³/mol. The van der Waals surface area contributed by atoms with Crippen molar-refractivity contribution in [1.29, 1.82) is 0 Å². The lowest BCUT2D eigenvalue weighted by atomic mass is 10.1. The van der Waals surface area contributed by atoms with Crippen LogP contribution in [0, 0.1) is 13.8 Å². The second-order valence-electron chi connectivity index (χ2n) is 4.94. The van der Waals surface area contributed by atoms with Crippen molar-refractivity contribution < 1.29 is 9.90 Å². The number of hydrogen-bond donors (Lipinski definition) is 2. The molecule has 2 N–H and O–H groups in total. The van der Waals surface area contributed by atoms with Crippen molar-refractivity contribution in [3.63, 3.8) is 0 Å². The molecule has 1 aromatic heterocycles. The van der Waals surface area contributed by atoms with Crippen LogP contribution in [0.2, 0.25) is 5.02 Å². The van der Waals surface area contributed by atoms with Gasteiger partial charge in [-0.15, -0.1) is 0 Å². The van der Waals surface area contributed by atoms with Gasteiger partial charge in [-0.1, -0.05) is 11.6 Å². The summed E-state index contributed by atoms with van der Waals surface area (Å²) in [6.07, 6.45) is 0.693. The van der Waals surface area contributed by atoms with Crippen molar-refractivity contribution in [2.24, 2.45) is 7.05 Å². The maximum atomic E-state index is 12.0. The topological polar surface area (TPSA) is 67.2 Å². The van der Waals surface area contributed by atoms with Crippen LogP contribution in [-0.2, 0) is 13.5 Å². The van der Waals surface area contributed by atoms with Crippen LogP contribution < -0.4 is 5.32 Å². The summed E-state index contributed by atoms with van der Waals surface area (Å²) in [5, 5.41) is 17.2. The van der Waals surface area contributed by atoms with Crippen LogP contribution >= 0.6 is 11.6 Å². The third kappa shape index (κ3) is 3.36. The predicted octanol–water partition coefficient (Wildman–Crippen LogP) is 2.37. The highest BCUT2D eigenvalue weighted by molar-refractivity contribution is 6.31. The molecule has 0 radical (unpaired) electrons. The lowest BCUT2D eigenvalue weighted by Crippen LogP contribution is -2.26. The van der Waals surface area contributed by atoms with E-state index in [4.69, 9.17) is 11.6 Å². The third-order valence-corrected chi connectivity index (χ3v) is 3.76. The average Bonchev–Trinajstić information content (AvgIpc) is 2.67. The van der Waals surface area contributed by atoms with Gasteiger partial charge in [-0.3, -0.25) is 9.48 Å². The fraction of sp³-hybridized carbons (Fsp3) is 0.333. The number of nitrogens with one attached hydrogen (secondary N) is 1. The molecule has 0 saturated heterocycles. The zero-order valence-electron chi connectivity index (χ0n) is 12.3. The summed E-state index contributed by atoms with van der Waals surface area (Å²) in [7, 11) is 1.90. The molecule has 0 bridgehead atoms. The average molecular weight is 308 g/mol. The monoisotopic (exact) mass is 307 g/mol. The van der Waals surface area contributed by atoms with E-state index in [0.717, 1.165) is 17.0 Å². The minimum atomic E-state index is -0.339. The standard InChI is InChI=1S/C15H18ClN3O2/c1-9-12(10(2)19(3)18-9)6-7-17-15(21)13-8-11(16)4-5-14(13)20/h4-5,8,20H,6-7H2,1-3H3,(H,17,21). The highest BCUT2D eigenvalue weighted by atomic mass is 35.5. The summed E-state index contributed by atoms with van der Waals surface area (Å²) in [6.45, 7) is 4.42. The van der Waals surface area contributed by atoms with Crippen LogP contribution in [0.3, 0.4) is 0 Å². The molecule has 5 nitrogen and oxygen atoms in total. The highest BCUT2D eigenvalue weighted by Crippen LogP contribution is 2.21. The van der Waals surface area contributed by atoms with E-state index in [1.807, 2.05) is 25.6 Å². The van der Waals surface area contributed by atoms with Crippen LogP contribution in [0.5, 0.6) is 5.75 Å². The largest absolute Gasteiger partial charge is 0.507 e. The maximum absolute atomic E-state index is 12.0. The first-order valence-electron chi connectivity index (χ1n) is 6.66. The maximum Gasteiger partial charge on any atom is 0.255 e. The van der Waals surface area contributed by atoms with Gasteiger partial charge in [0.15, 0.2) is 0 Å². The zero-order chi connectivity index (χ0) is 15.6. The van der Waals surface area contributed by atoms with Crippen molar-refractivity contribution in [2.45, 2.75) is 20.3 Å². The Morgan fingerprint density at radius 2 is 2.14 bits per heavy atom. The first-order chi connectivity index (χ1) is 9.90. The Labute approximate surface area is 128 Å². The number of phenols is 1. The van der Waals surface area contributed by atoms with Gasteiger partial charge in [0.2, 0.25) is 0 Å². The number of hydrogen-bond acceptors (Lipinski definition) is 3. The number of rotatable bonds is 4. The Kier molecular flexibility index (Phi) is 4.53. The molecular weight excluding hydrogens is 290 g/mol. The number of benzene rings is 1. The minimum Gasteiger partial charge on any atom is -0.507 e. The molecule has 0 fully saturated rings. The van der Waals surface area contributed by atoms with Gasteiger partial charge >= 0.3 is 0 Å². The van der Waals surface area contributed by atoms with E-state index >= 15 is 0 Å². The summed E-state index contributed by atoms with van der Waals surface area (Å²) in [4.78, 5) is 12.0. The number of aromatic nitrogens is 2. The smallest absolute Gasteiger partial charge is 0.255 e. The second-order valence-corrected chi connectivity index (χ2v) is 5.38. The summed E-state index contributed by atoms with van der Waals surface area (Å²) >= 11 is 5.83. The molecular formula is C15H18ClN3O2. The van der Waals surface area contributed by atoms with E-state index in [9.17, 15) is 9.90 Å². The lowest BCUT2D eigenvalue weighted by molar-refractivity contribution is 0.0951. The quantitative estimate of drug-likeness (QED) is 0.911. The number of halogens is 1. The molecule has 0 unspecified atom stereocenters. The number of nitrogens with zero attached hydrogens (tertiary/aromatic N) is 2. The van der Waals surface area contributed by atoms with Crippen molar-refractivity contribution >= 4 is 17.5 Å². The Hall–Kier alpha value is -2.01. The van der Waals surface area contributed by atoms with Gasteiger partial charge in [-0.05, 0) is 44.0 Å². The molecule has 21 heavy (non-hydrogen) atoms. The first-order valence-corrected chi connectivity index (χ1v) is 7.03. The summed E-state index contributed by atoms with van der Waals surface area (Å²) in [6, 6.07) is 4.40. The molecule has 2 aromatic rings. The van der Waals surface area contributed by atoms with Gasteiger partial charge in [-0.2, -0.15) is 5.10 Å². The molecule has 0 spiro atoms. The Bertz CT molecular complexity index is 680. The zero-order valence-corrected chi connectivity index (χ0v) is 13.0. The van der Waals surface area contributed by atoms with Crippen molar-refractivity contribution in [2.75, 3.05) is 6.54 Å². The van der Waals surface area contributed by atoms with Crippen molar-refractivity contribution in [1.82, 2.24) is 15.1 Å². The van der Waals surface area contributed by atoms with E-state index in [1.165, 1.54) is 18.2 Å².